The smallest absolute Gasteiger partial charge is 0.239 e. The number of nitrogens with one attached hydrogen (secondary N) is 1. The van der Waals surface area contributed by atoms with Crippen LogP contribution in [0.2, 0.25) is 0 Å². The zero-order valence-corrected chi connectivity index (χ0v) is 14.1. The molecule has 20 heavy (non-hydrogen) atoms. The summed E-state index contributed by atoms with van der Waals surface area (Å²) in [4.78, 5) is 16.4. The SMILES string of the molecule is CC(C)CC(NC(C)C1CCCN(C)C1)C(=O)N(C)C. The van der Waals surface area contributed by atoms with Crippen LogP contribution in [0.5, 0.6) is 0 Å². The Balaban J connectivity index is 2.60. The summed E-state index contributed by atoms with van der Waals surface area (Å²) in [6.45, 7) is 8.93. The van der Waals surface area contributed by atoms with Crippen molar-refractivity contribution in [2.24, 2.45) is 11.8 Å². The van der Waals surface area contributed by atoms with Crippen LogP contribution in [0.1, 0.15) is 40.0 Å². The number of hydrogen-bond donors (Lipinski definition) is 1. The number of hydrogen-bond acceptors (Lipinski definition) is 3. The van der Waals surface area contributed by atoms with Crippen molar-refractivity contribution in [3.63, 3.8) is 0 Å². The average Bonchev–Trinajstić information content (AvgIpc) is 2.36. The van der Waals surface area contributed by atoms with E-state index >= 15 is 0 Å². The fourth-order valence-corrected chi connectivity index (χ4v) is 3.09. The molecule has 118 valence electrons. The molecule has 1 N–H and O–H groups in total. The highest BCUT2D eigenvalue weighted by Gasteiger charge is 2.28. The van der Waals surface area contributed by atoms with E-state index in [-0.39, 0.29) is 11.9 Å². The molecule has 0 radical (unpaired) electrons. The fraction of sp³-hybridized carbons (Fsp3) is 0.938. The molecule has 1 aliphatic heterocycles. The molecule has 0 spiro atoms. The van der Waals surface area contributed by atoms with Crippen LogP contribution in [-0.2, 0) is 4.79 Å². The normalized spacial score (nSPS) is 23.6. The number of likely N-dealkylation sites (N-methyl/N-ethyl adjacent to an activating group) is 1. The van der Waals surface area contributed by atoms with Crippen molar-refractivity contribution in [1.29, 1.82) is 0 Å². The van der Waals surface area contributed by atoms with Gasteiger partial charge >= 0.3 is 0 Å². The van der Waals surface area contributed by atoms with Gasteiger partial charge in [0.25, 0.3) is 0 Å². The van der Waals surface area contributed by atoms with Crippen LogP contribution in [0.4, 0.5) is 0 Å². The zero-order chi connectivity index (χ0) is 15.3. The maximum atomic E-state index is 12.3. The van der Waals surface area contributed by atoms with Gasteiger partial charge in [-0.1, -0.05) is 13.8 Å². The predicted molar refractivity (Wildman–Crippen MR) is 84.8 cm³/mol. The Bertz CT molecular complexity index is 304. The van der Waals surface area contributed by atoms with E-state index < -0.39 is 0 Å². The Kier molecular flexibility index (Phi) is 6.96. The summed E-state index contributed by atoms with van der Waals surface area (Å²) >= 11 is 0. The molecule has 0 aliphatic carbocycles. The lowest BCUT2D eigenvalue weighted by Crippen LogP contribution is -2.52. The molecule has 0 aromatic heterocycles. The first-order chi connectivity index (χ1) is 9.31. The van der Waals surface area contributed by atoms with E-state index in [9.17, 15) is 4.79 Å². The Morgan fingerprint density at radius 3 is 2.50 bits per heavy atom. The molecule has 0 aromatic rings. The molecule has 1 fully saturated rings. The van der Waals surface area contributed by atoms with Crippen molar-refractivity contribution in [2.75, 3.05) is 34.2 Å². The molecule has 4 nitrogen and oxygen atoms in total. The number of carbonyl (C=O) groups excluding carboxylic acids is 1. The molecule has 1 rings (SSSR count). The highest BCUT2D eigenvalue weighted by atomic mass is 16.2. The van der Waals surface area contributed by atoms with Crippen LogP contribution in [0.25, 0.3) is 0 Å². The zero-order valence-electron chi connectivity index (χ0n) is 14.1. The van der Waals surface area contributed by atoms with E-state index in [1.54, 1.807) is 4.90 Å². The number of nitrogens with zero attached hydrogens (tertiary/aromatic N) is 2. The van der Waals surface area contributed by atoms with Gasteiger partial charge in [-0.3, -0.25) is 4.79 Å². The van der Waals surface area contributed by atoms with Crippen molar-refractivity contribution in [1.82, 2.24) is 15.1 Å². The van der Waals surface area contributed by atoms with Gasteiger partial charge in [-0.15, -0.1) is 0 Å². The second kappa shape index (κ2) is 7.99. The average molecular weight is 283 g/mol. The lowest BCUT2D eigenvalue weighted by molar-refractivity contribution is -0.131. The van der Waals surface area contributed by atoms with Crippen LogP contribution in [-0.4, -0.2) is 62.0 Å². The van der Waals surface area contributed by atoms with Gasteiger partial charge in [0.05, 0.1) is 6.04 Å². The minimum Gasteiger partial charge on any atom is -0.347 e. The van der Waals surface area contributed by atoms with Crippen LogP contribution >= 0.6 is 0 Å². The van der Waals surface area contributed by atoms with Crippen LogP contribution in [0.15, 0.2) is 0 Å². The predicted octanol–water partition coefficient (Wildman–Crippen LogP) is 1.81. The second-order valence-electron chi connectivity index (χ2n) is 7.03. The van der Waals surface area contributed by atoms with Gasteiger partial charge in [-0.25, -0.2) is 0 Å². The summed E-state index contributed by atoms with van der Waals surface area (Å²) in [5.41, 5.74) is 0. The first-order valence-corrected chi connectivity index (χ1v) is 7.97. The van der Waals surface area contributed by atoms with Gasteiger partial charge in [0.15, 0.2) is 0 Å². The maximum absolute atomic E-state index is 12.3. The van der Waals surface area contributed by atoms with Gasteiger partial charge in [0.2, 0.25) is 5.91 Å². The van der Waals surface area contributed by atoms with E-state index in [4.69, 9.17) is 0 Å². The molecular formula is C16H33N3O. The quantitative estimate of drug-likeness (QED) is 0.807. The first-order valence-electron chi connectivity index (χ1n) is 7.97. The van der Waals surface area contributed by atoms with Crippen molar-refractivity contribution >= 4 is 5.91 Å². The van der Waals surface area contributed by atoms with E-state index in [0.717, 1.165) is 13.0 Å². The van der Waals surface area contributed by atoms with Crippen molar-refractivity contribution in [3.8, 4) is 0 Å². The molecule has 3 unspecified atom stereocenters. The highest BCUT2D eigenvalue weighted by Crippen LogP contribution is 2.20. The van der Waals surface area contributed by atoms with Gasteiger partial charge < -0.3 is 15.1 Å². The van der Waals surface area contributed by atoms with Crippen LogP contribution < -0.4 is 5.32 Å². The Morgan fingerprint density at radius 2 is 2.00 bits per heavy atom. The summed E-state index contributed by atoms with van der Waals surface area (Å²) in [5.74, 6) is 1.38. The molecule has 0 saturated carbocycles. The van der Waals surface area contributed by atoms with Gasteiger partial charge in [-0.05, 0) is 51.6 Å². The number of likely N-dealkylation sites (tertiary alicyclic amines) is 1. The van der Waals surface area contributed by atoms with Crippen molar-refractivity contribution in [2.45, 2.75) is 52.1 Å². The third-order valence-electron chi connectivity index (χ3n) is 4.28. The maximum Gasteiger partial charge on any atom is 0.239 e. The summed E-state index contributed by atoms with van der Waals surface area (Å²) in [6.07, 6.45) is 3.44. The molecule has 0 bridgehead atoms. The van der Waals surface area contributed by atoms with Gasteiger partial charge in [0.1, 0.15) is 0 Å². The second-order valence-corrected chi connectivity index (χ2v) is 7.03. The number of carbonyl (C=O) groups is 1. The molecular weight excluding hydrogens is 250 g/mol. The molecule has 1 aliphatic rings. The standard InChI is InChI=1S/C16H33N3O/c1-12(2)10-15(16(20)18(4)5)17-13(3)14-8-7-9-19(6)11-14/h12-15,17H,7-11H2,1-6H3. The molecule has 1 heterocycles. The third-order valence-corrected chi connectivity index (χ3v) is 4.28. The number of piperidine rings is 1. The van der Waals surface area contributed by atoms with Crippen LogP contribution in [0.3, 0.4) is 0 Å². The fourth-order valence-electron chi connectivity index (χ4n) is 3.09. The van der Waals surface area contributed by atoms with Crippen molar-refractivity contribution in [3.05, 3.63) is 0 Å². The molecule has 4 heteroatoms. The number of rotatable bonds is 6. The molecule has 0 aromatic carbocycles. The molecule has 1 saturated heterocycles. The monoisotopic (exact) mass is 283 g/mol. The van der Waals surface area contributed by atoms with E-state index in [1.165, 1.54) is 19.4 Å². The first kappa shape index (κ1) is 17.4. The van der Waals surface area contributed by atoms with E-state index in [1.807, 2.05) is 14.1 Å². The van der Waals surface area contributed by atoms with Crippen LogP contribution in [0, 0.1) is 11.8 Å². The van der Waals surface area contributed by atoms with Crippen molar-refractivity contribution < 1.29 is 4.79 Å². The summed E-state index contributed by atoms with van der Waals surface area (Å²) in [7, 11) is 5.88. The molecule has 3 atom stereocenters. The third kappa shape index (κ3) is 5.41. The highest BCUT2D eigenvalue weighted by molar-refractivity contribution is 5.81. The largest absolute Gasteiger partial charge is 0.347 e. The minimum atomic E-state index is -0.0489. The minimum absolute atomic E-state index is 0.0489. The topological polar surface area (TPSA) is 35.6 Å². The Hall–Kier alpha value is -0.610. The summed E-state index contributed by atoms with van der Waals surface area (Å²) in [5, 5.41) is 3.60. The summed E-state index contributed by atoms with van der Waals surface area (Å²) < 4.78 is 0. The molecule has 1 amide bonds. The van der Waals surface area contributed by atoms with E-state index in [2.05, 4.69) is 38.0 Å². The summed E-state index contributed by atoms with van der Waals surface area (Å²) in [6, 6.07) is 0.345. The van der Waals surface area contributed by atoms with Gasteiger partial charge in [-0.2, -0.15) is 0 Å². The van der Waals surface area contributed by atoms with Gasteiger partial charge in [0, 0.05) is 26.7 Å². The van der Waals surface area contributed by atoms with E-state index in [0.29, 0.717) is 17.9 Å². The number of amides is 1. The lowest BCUT2D eigenvalue weighted by atomic mass is 9.90. The lowest BCUT2D eigenvalue weighted by Gasteiger charge is -2.36. The Morgan fingerprint density at radius 1 is 1.35 bits per heavy atom. The Labute approximate surface area is 124 Å².